The molecule has 0 aromatic heterocycles. The van der Waals surface area contributed by atoms with Crippen molar-refractivity contribution in [3.05, 3.63) is 59.7 Å². The zero-order valence-corrected chi connectivity index (χ0v) is 24.0. The highest BCUT2D eigenvalue weighted by molar-refractivity contribution is 5.90. The van der Waals surface area contributed by atoms with Crippen molar-refractivity contribution in [2.45, 2.75) is 44.9 Å². The monoisotopic (exact) mass is 606 g/mol. The molecule has 2 aromatic carbocycles. The van der Waals surface area contributed by atoms with Crippen molar-refractivity contribution in [2.75, 3.05) is 36.8 Å². The number of hydrogen-bond acceptors (Lipinski definition) is 10. The Bertz CT molecular complexity index is 1330. The molecule has 2 aromatic rings. The van der Waals surface area contributed by atoms with Gasteiger partial charge in [-0.05, 0) is 48.2 Å². The number of ether oxygens (including phenoxy) is 2. The van der Waals surface area contributed by atoms with E-state index in [0.717, 1.165) is 30.4 Å². The number of carbonyl (C=O) groups is 3. The Hall–Kier alpha value is -5.70. The molecule has 0 aliphatic rings. The van der Waals surface area contributed by atoms with Gasteiger partial charge in [0.1, 0.15) is 12.7 Å². The fourth-order valence-electron chi connectivity index (χ4n) is 3.63. The summed E-state index contributed by atoms with van der Waals surface area (Å²) in [5.41, 5.74) is 2.48. The Morgan fingerprint density at radius 1 is 0.750 bits per heavy atom. The molecule has 5 N–H and O–H groups in total. The predicted molar refractivity (Wildman–Crippen MR) is 159 cm³/mol. The second kappa shape index (κ2) is 21.1. The van der Waals surface area contributed by atoms with Gasteiger partial charge in [0.25, 0.3) is 6.26 Å². The normalized spacial score (nSPS) is 10.4. The molecule has 5 amide bonds. The predicted octanol–water partition coefficient (Wildman–Crippen LogP) is 3.45. The average molecular weight is 607 g/mol. The maximum atomic E-state index is 12.5. The van der Waals surface area contributed by atoms with Crippen molar-refractivity contribution in [1.82, 2.24) is 16.0 Å². The van der Waals surface area contributed by atoms with E-state index in [1.165, 1.54) is 12.2 Å². The number of isocyanates is 2. The first-order chi connectivity index (χ1) is 21.4. The summed E-state index contributed by atoms with van der Waals surface area (Å²) in [6.07, 6.45) is 6.02. The third kappa shape index (κ3) is 15.3. The number of nitrogens with one attached hydrogen (secondary N) is 5. The van der Waals surface area contributed by atoms with Crippen LogP contribution >= 0.6 is 0 Å². The molecule has 0 aliphatic heterocycles. The minimum Gasteiger partial charge on any atom is -0.442 e. The number of unbranched alkanes of at least 4 members (excludes halogenated alkanes) is 3. The van der Waals surface area contributed by atoms with Crippen molar-refractivity contribution in [3.63, 3.8) is 0 Å². The number of aliphatic imine (C=N–C) groups is 2. The van der Waals surface area contributed by atoms with Gasteiger partial charge in [0, 0.05) is 17.9 Å². The number of urea groups is 2. The Labute approximate surface area is 254 Å². The molecular formula is C29H34N8O7. The van der Waals surface area contributed by atoms with Crippen molar-refractivity contribution < 1.29 is 33.4 Å². The molecule has 0 fully saturated rings. The third-order valence-electron chi connectivity index (χ3n) is 5.84. The number of rotatable bonds is 18. The van der Waals surface area contributed by atoms with Crippen LogP contribution in [0.15, 0.2) is 58.5 Å². The van der Waals surface area contributed by atoms with Crippen LogP contribution < -0.4 is 26.6 Å². The second-order valence-corrected chi connectivity index (χ2v) is 9.19. The topological polar surface area (TPSA) is 212 Å². The first-order valence-electron chi connectivity index (χ1n) is 13.7. The number of hydrogen-bond donors (Lipinski definition) is 5. The van der Waals surface area contributed by atoms with Crippen molar-refractivity contribution >= 4 is 41.7 Å². The lowest BCUT2D eigenvalue weighted by molar-refractivity contribution is 0.0982. The number of nitrogens with zero attached hydrogens (tertiary/aromatic N) is 3. The third-order valence-corrected chi connectivity index (χ3v) is 5.84. The first kappa shape index (κ1) is 34.5. The number of alkyl carbamates (subject to hydrolysis) is 1. The lowest BCUT2D eigenvalue weighted by Gasteiger charge is -2.20. The summed E-state index contributed by atoms with van der Waals surface area (Å²) in [5, 5.41) is 21.7. The molecule has 0 saturated heterocycles. The van der Waals surface area contributed by atoms with Gasteiger partial charge in [-0.1, -0.05) is 37.1 Å². The highest BCUT2D eigenvalue weighted by Gasteiger charge is 2.17. The molecule has 0 bridgehead atoms. The minimum atomic E-state index is -0.915. The van der Waals surface area contributed by atoms with Gasteiger partial charge < -0.3 is 36.1 Å². The van der Waals surface area contributed by atoms with Crippen LogP contribution in [0.2, 0.25) is 0 Å². The van der Waals surface area contributed by atoms with Crippen LogP contribution in [0.1, 0.15) is 36.8 Å². The zero-order chi connectivity index (χ0) is 31.8. The average Bonchev–Trinajstić information content (AvgIpc) is 3.03. The van der Waals surface area contributed by atoms with Gasteiger partial charge in [-0.3, -0.25) is 0 Å². The summed E-state index contributed by atoms with van der Waals surface area (Å²) in [4.78, 5) is 64.7. The Morgan fingerprint density at radius 3 is 1.89 bits per heavy atom. The van der Waals surface area contributed by atoms with Gasteiger partial charge in [0.2, 0.25) is 12.2 Å². The van der Waals surface area contributed by atoms with E-state index in [4.69, 9.17) is 10.00 Å². The van der Waals surface area contributed by atoms with Gasteiger partial charge in [-0.2, -0.15) is 5.26 Å². The van der Waals surface area contributed by atoms with Crippen LogP contribution in [0.5, 0.6) is 0 Å². The Kier molecular flexibility index (Phi) is 16.5. The second-order valence-electron chi connectivity index (χ2n) is 9.19. The van der Waals surface area contributed by atoms with Crippen LogP contribution in [0.4, 0.5) is 25.8 Å². The van der Waals surface area contributed by atoms with E-state index >= 15 is 0 Å². The molecule has 15 nitrogen and oxygen atoms in total. The molecule has 44 heavy (non-hydrogen) atoms. The van der Waals surface area contributed by atoms with E-state index in [1.807, 2.05) is 0 Å². The molecule has 0 heterocycles. The first-order valence-corrected chi connectivity index (χ1v) is 13.7. The van der Waals surface area contributed by atoms with Gasteiger partial charge in [-0.15, -0.1) is 0 Å². The molecule has 1 unspecified atom stereocenters. The van der Waals surface area contributed by atoms with E-state index in [1.54, 1.807) is 54.8 Å². The zero-order valence-electron chi connectivity index (χ0n) is 24.0. The molecule has 232 valence electrons. The molecule has 1 atom stereocenters. The maximum Gasteiger partial charge on any atom is 0.407 e. The van der Waals surface area contributed by atoms with Crippen LogP contribution in [0.25, 0.3) is 0 Å². The SMILES string of the molecule is N#COCc1ccc(NC(=O)NCC(CNC(=O)Nc2ccc(CN=C=O)cc2)OC(=O)NCCCCCCN=C=O)cc1. The molecule has 15 heteroatoms. The highest BCUT2D eigenvalue weighted by atomic mass is 16.6. The summed E-state index contributed by atoms with van der Waals surface area (Å²) >= 11 is 0. The molecule has 0 spiro atoms. The molecular weight excluding hydrogens is 572 g/mol. The van der Waals surface area contributed by atoms with Gasteiger partial charge in [-0.25, -0.2) is 34.0 Å². The molecule has 0 aliphatic carbocycles. The van der Waals surface area contributed by atoms with E-state index in [9.17, 15) is 24.0 Å². The van der Waals surface area contributed by atoms with Crippen LogP contribution in [0.3, 0.4) is 0 Å². The van der Waals surface area contributed by atoms with E-state index < -0.39 is 24.3 Å². The van der Waals surface area contributed by atoms with Crippen molar-refractivity contribution in [3.8, 4) is 6.26 Å². The number of anilines is 2. The summed E-state index contributed by atoms with van der Waals surface area (Å²) in [6.45, 7) is 0.840. The van der Waals surface area contributed by atoms with E-state index in [-0.39, 0.29) is 26.2 Å². The lowest BCUT2D eigenvalue weighted by atomic mass is 10.2. The fraction of sp³-hybridized carbons (Fsp3) is 0.379. The number of nitriles is 1. The van der Waals surface area contributed by atoms with Crippen molar-refractivity contribution in [2.24, 2.45) is 9.98 Å². The van der Waals surface area contributed by atoms with Crippen molar-refractivity contribution in [1.29, 1.82) is 5.26 Å². The summed E-state index contributed by atoms with van der Waals surface area (Å²) < 4.78 is 10.1. The largest absolute Gasteiger partial charge is 0.442 e. The smallest absolute Gasteiger partial charge is 0.407 e. The number of amides is 5. The van der Waals surface area contributed by atoms with Crippen LogP contribution in [0, 0.1) is 11.5 Å². The standard InChI is InChI=1S/C29H34N8O7/c30-19-43-18-23-7-11-25(12-8-23)37-28(41)35-17-26(44-29(42)33-14-4-2-1-3-13-31-20-38)16-34-27(40)36-24-9-5-22(6-10-24)15-32-21-39/h5-12,26H,1-4,13-18H2,(H,33,42)(H2,34,36,40)(H2,35,37,41). The summed E-state index contributed by atoms with van der Waals surface area (Å²) in [6, 6.07) is 12.2. The lowest BCUT2D eigenvalue weighted by Crippen LogP contribution is -2.45. The highest BCUT2D eigenvalue weighted by Crippen LogP contribution is 2.11. The number of benzene rings is 2. The van der Waals surface area contributed by atoms with E-state index in [2.05, 4.69) is 41.3 Å². The molecule has 2 rings (SSSR count). The quantitative estimate of drug-likeness (QED) is 0.0732. The number of carbonyl (C=O) groups excluding carboxylic acids is 5. The molecule has 0 saturated carbocycles. The molecule has 0 radical (unpaired) electrons. The van der Waals surface area contributed by atoms with E-state index in [0.29, 0.717) is 30.9 Å². The Morgan fingerprint density at radius 2 is 1.32 bits per heavy atom. The fourth-order valence-corrected chi connectivity index (χ4v) is 3.63. The van der Waals surface area contributed by atoms with Gasteiger partial charge in [0.15, 0.2) is 0 Å². The van der Waals surface area contributed by atoms with Gasteiger partial charge >= 0.3 is 18.2 Å². The summed E-state index contributed by atoms with van der Waals surface area (Å²) in [5.74, 6) is 0. The maximum absolute atomic E-state index is 12.5. The van der Waals surface area contributed by atoms with Gasteiger partial charge in [0.05, 0.1) is 26.2 Å². The van der Waals surface area contributed by atoms with Crippen LogP contribution in [-0.2, 0) is 32.2 Å². The Balaban J connectivity index is 1.87. The summed E-state index contributed by atoms with van der Waals surface area (Å²) in [7, 11) is 0. The minimum absolute atomic E-state index is 0.114. The van der Waals surface area contributed by atoms with Crippen LogP contribution in [-0.4, -0.2) is 62.6 Å².